The molecular formula is C13H16O4S2. The lowest BCUT2D eigenvalue weighted by molar-refractivity contribution is -0.154. The van der Waals surface area contributed by atoms with Gasteiger partial charge in [-0.15, -0.1) is 0 Å². The molecule has 0 aromatic heterocycles. The first-order valence-electron chi connectivity index (χ1n) is 5.73. The number of esters is 2. The summed E-state index contributed by atoms with van der Waals surface area (Å²) >= 11 is 0. The van der Waals surface area contributed by atoms with Crippen LogP contribution in [0, 0.1) is 0 Å². The van der Waals surface area contributed by atoms with Crippen molar-refractivity contribution in [3.05, 3.63) is 30.3 Å². The van der Waals surface area contributed by atoms with Gasteiger partial charge in [-0.3, -0.25) is 9.59 Å². The summed E-state index contributed by atoms with van der Waals surface area (Å²) in [4.78, 5) is 22.8. The maximum Gasteiger partial charge on any atom is 0.303 e. The second kappa shape index (κ2) is 8.87. The molecule has 0 aliphatic heterocycles. The van der Waals surface area contributed by atoms with Crippen molar-refractivity contribution in [3.8, 4) is 0 Å². The van der Waals surface area contributed by atoms with E-state index in [0.29, 0.717) is 5.75 Å². The number of hydrogen-bond donors (Lipinski definition) is 0. The fraction of sp³-hybridized carbons (Fsp3) is 0.385. The molecule has 0 saturated carbocycles. The van der Waals surface area contributed by atoms with E-state index in [1.54, 1.807) is 21.6 Å². The third-order valence-corrected chi connectivity index (χ3v) is 4.39. The largest absolute Gasteiger partial charge is 0.462 e. The predicted molar refractivity (Wildman–Crippen MR) is 76.9 cm³/mol. The quantitative estimate of drug-likeness (QED) is 0.570. The molecule has 1 rings (SSSR count). The Labute approximate surface area is 120 Å². The maximum absolute atomic E-state index is 11.0. The summed E-state index contributed by atoms with van der Waals surface area (Å²) in [6, 6.07) is 9.89. The van der Waals surface area contributed by atoms with E-state index >= 15 is 0 Å². The van der Waals surface area contributed by atoms with Crippen LogP contribution in [0.25, 0.3) is 0 Å². The predicted octanol–water partition coefficient (Wildman–Crippen LogP) is 2.92. The molecule has 0 heterocycles. The Morgan fingerprint density at radius 3 is 2.42 bits per heavy atom. The average molecular weight is 300 g/mol. The van der Waals surface area contributed by atoms with Gasteiger partial charge in [-0.2, -0.15) is 0 Å². The van der Waals surface area contributed by atoms with Gasteiger partial charge in [-0.05, 0) is 12.1 Å². The van der Waals surface area contributed by atoms with Gasteiger partial charge >= 0.3 is 11.9 Å². The van der Waals surface area contributed by atoms with Crippen LogP contribution in [0.1, 0.15) is 13.8 Å². The van der Waals surface area contributed by atoms with Gasteiger partial charge in [-0.1, -0.05) is 39.8 Å². The highest BCUT2D eigenvalue weighted by Gasteiger charge is 2.14. The van der Waals surface area contributed by atoms with Crippen LogP contribution in [0.15, 0.2) is 35.2 Å². The zero-order valence-electron chi connectivity index (χ0n) is 10.8. The van der Waals surface area contributed by atoms with Gasteiger partial charge < -0.3 is 9.47 Å². The van der Waals surface area contributed by atoms with E-state index in [1.807, 2.05) is 30.3 Å². The lowest BCUT2D eigenvalue weighted by Crippen LogP contribution is -2.25. The molecule has 0 aliphatic rings. The highest BCUT2D eigenvalue weighted by Crippen LogP contribution is 2.31. The minimum Gasteiger partial charge on any atom is -0.462 e. The third-order valence-electron chi connectivity index (χ3n) is 1.96. The van der Waals surface area contributed by atoms with Gasteiger partial charge in [0.15, 0.2) is 0 Å². The Morgan fingerprint density at radius 1 is 1.16 bits per heavy atom. The van der Waals surface area contributed by atoms with Crippen LogP contribution in [0.3, 0.4) is 0 Å². The topological polar surface area (TPSA) is 52.6 Å². The van der Waals surface area contributed by atoms with E-state index in [4.69, 9.17) is 9.47 Å². The number of hydrogen-bond acceptors (Lipinski definition) is 6. The molecule has 6 heteroatoms. The Morgan fingerprint density at radius 2 is 1.84 bits per heavy atom. The molecule has 1 aromatic carbocycles. The van der Waals surface area contributed by atoms with Crippen LogP contribution in [-0.4, -0.2) is 30.4 Å². The number of carbonyl (C=O) groups is 2. The molecule has 0 bridgehead atoms. The second-order valence-corrected chi connectivity index (χ2v) is 6.13. The van der Waals surface area contributed by atoms with Gasteiger partial charge in [0.2, 0.25) is 0 Å². The molecule has 0 fully saturated rings. The summed E-state index contributed by atoms with van der Waals surface area (Å²) < 4.78 is 9.96. The van der Waals surface area contributed by atoms with Crippen molar-refractivity contribution in [3.63, 3.8) is 0 Å². The van der Waals surface area contributed by atoms with Crippen molar-refractivity contribution in [1.29, 1.82) is 0 Å². The molecule has 0 N–H and O–H groups in total. The summed E-state index contributed by atoms with van der Waals surface area (Å²) in [5, 5.41) is 0. The zero-order valence-corrected chi connectivity index (χ0v) is 12.5. The zero-order chi connectivity index (χ0) is 14.1. The number of rotatable bonds is 7. The maximum atomic E-state index is 11.0. The minimum atomic E-state index is -0.414. The Balaban J connectivity index is 2.35. The first-order valence-corrected chi connectivity index (χ1v) is 8.05. The van der Waals surface area contributed by atoms with Crippen LogP contribution in [-0.2, 0) is 19.1 Å². The summed E-state index contributed by atoms with van der Waals surface area (Å²) in [6.45, 7) is 2.77. The van der Waals surface area contributed by atoms with E-state index in [-0.39, 0.29) is 18.5 Å². The first kappa shape index (κ1) is 15.9. The van der Waals surface area contributed by atoms with Gasteiger partial charge in [0, 0.05) is 24.5 Å². The van der Waals surface area contributed by atoms with Crippen molar-refractivity contribution >= 4 is 33.5 Å². The summed E-state index contributed by atoms with van der Waals surface area (Å²) in [5.41, 5.74) is 0. The summed E-state index contributed by atoms with van der Waals surface area (Å²) in [7, 11) is 3.15. The molecule has 0 aliphatic carbocycles. The van der Waals surface area contributed by atoms with E-state index in [0.717, 1.165) is 4.90 Å². The molecule has 0 radical (unpaired) electrons. The lowest BCUT2D eigenvalue weighted by Gasteiger charge is -2.15. The lowest BCUT2D eigenvalue weighted by atomic mass is 10.4. The molecule has 1 unspecified atom stereocenters. The Kier molecular flexibility index (Phi) is 7.43. The first-order chi connectivity index (χ1) is 9.08. The van der Waals surface area contributed by atoms with Gasteiger partial charge in [0.25, 0.3) is 0 Å². The Bertz CT molecular complexity index is 408. The number of carbonyl (C=O) groups excluding carboxylic acids is 2. The van der Waals surface area contributed by atoms with E-state index in [2.05, 4.69) is 0 Å². The SMILES string of the molecule is CC(=O)OCC(CSSc1ccccc1)OC(C)=O. The molecule has 104 valence electrons. The molecular weight excluding hydrogens is 284 g/mol. The monoisotopic (exact) mass is 300 g/mol. The van der Waals surface area contributed by atoms with Crippen molar-refractivity contribution in [1.82, 2.24) is 0 Å². The van der Waals surface area contributed by atoms with E-state index < -0.39 is 6.10 Å². The van der Waals surface area contributed by atoms with Crippen LogP contribution < -0.4 is 0 Å². The fourth-order valence-electron chi connectivity index (χ4n) is 1.22. The van der Waals surface area contributed by atoms with Crippen LogP contribution >= 0.6 is 21.6 Å². The van der Waals surface area contributed by atoms with E-state index in [9.17, 15) is 9.59 Å². The third kappa shape index (κ3) is 7.79. The highest BCUT2D eigenvalue weighted by molar-refractivity contribution is 8.76. The average Bonchev–Trinajstić information content (AvgIpc) is 2.36. The van der Waals surface area contributed by atoms with Crippen molar-refractivity contribution in [2.45, 2.75) is 24.8 Å². The highest BCUT2D eigenvalue weighted by atomic mass is 33.1. The fourth-order valence-corrected chi connectivity index (χ4v) is 3.40. The van der Waals surface area contributed by atoms with Crippen molar-refractivity contribution in [2.24, 2.45) is 0 Å². The van der Waals surface area contributed by atoms with Gasteiger partial charge in [0.1, 0.15) is 12.7 Å². The van der Waals surface area contributed by atoms with Crippen molar-refractivity contribution in [2.75, 3.05) is 12.4 Å². The molecule has 1 aromatic rings. The molecule has 0 spiro atoms. The molecule has 4 nitrogen and oxygen atoms in total. The minimum absolute atomic E-state index is 0.0945. The van der Waals surface area contributed by atoms with Crippen molar-refractivity contribution < 1.29 is 19.1 Å². The van der Waals surface area contributed by atoms with Crippen LogP contribution in [0.2, 0.25) is 0 Å². The molecule has 0 amide bonds. The molecule has 0 saturated heterocycles. The van der Waals surface area contributed by atoms with Crippen LogP contribution in [0.5, 0.6) is 0 Å². The van der Waals surface area contributed by atoms with Gasteiger partial charge in [0.05, 0.1) is 0 Å². The standard InChI is InChI=1S/C13H16O4S2/c1-10(14)16-8-12(17-11(2)15)9-18-19-13-6-4-3-5-7-13/h3-7,12H,8-9H2,1-2H3. The number of ether oxygens (including phenoxy) is 2. The van der Waals surface area contributed by atoms with Gasteiger partial charge in [-0.25, -0.2) is 0 Å². The molecule has 19 heavy (non-hydrogen) atoms. The summed E-state index contributed by atoms with van der Waals surface area (Å²) in [5.74, 6) is -0.188. The smallest absolute Gasteiger partial charge is 0.303 e. The normalized spacial score (nSPS) is 11.7. The molecule has 1 atom stereocenters. The number of benzene rings is 1. The summed E-state index contributed by atoms with van der Waals surface area (Å²) in [6.07, 6.45) is -0.414. The second-order valence-electron chi connectivity index (χ2n) is 3.71. The van der Waals surface area contributed by atoms with Crippen LogP contribution in [0.4, 0.5) is 0 Å². The Hall–Kier alpha value is -1.14. The van der Waals surface area contributed by atoms with E-state index in [1.165, 1.54) is 13.8 Å².